The van der Waals surface area contributed by atoms with Crippen molar-refractivity contribution < 1.29 is 0 Å². The van der Waals surface area contributed by atoms with E-state index in [4.69, 9.17) is 0 Å². The van der Waals surface area contributed by atoms with Crippen LogP contribution in [-0.4, -0.2) is 26.9 Å². The summed E-state index contributed by atoms with van der Waals surface area (Å²) in [6, 6.07) is 0. The quantitative estimate of drug-likeness (QED) is 0.898. The number of hydrogen-bond acceptors (Lipinski definition) is 5. The number of aromatic nitrogens is 2. The van der Waals surface area contributed by atoms with Crippen LogP contribution in [0.5, 0.6) is 0 Å². The van der Waals surface area contributed by atoms with Gasteiger partial charge in [0, 0.05) is 22.8 Å². The third-order valence-electron chi connectivity index (χ3n) is 3.29. The van der Waals surface area contributed by atoms with Crippen molar-refractivity contribution in [2.45, 2.75) is 43.8 Å². The number of thioether (sulfide) groups is 1. The largest absolute Gasteiger partial charge is 0.359 e. The van der Waals surface area contributed by atoms with Crippen LogP contribution in [-0.2, 0) is 0 Å². The summed E-state index contributed by atoms with van der Waals surface area (Å²) < 4.78 is 4.62. The van der Waals surface area contributed by atoms with E-state index in [0.717, 1.165) is 17.5 Å². The molecule has 16 heavy (non-hydrogen) atoms. The zero-order valence-electron chi connectivity index (χ0n) is 9.95. The molecule has 0 aliphatic heterocycles. The molecule has 1 saturated carbocycles. The second kappa shape index (κ2) is 5.36. The van der Waals surface area contributed by atoms with Gasteiger partial charge in [0.25, 0.3) is 0 Å². The van der Waals surface area contributed by atoms with Gasteiger partial charge in [0.05, 0.1) is 0 Å². The Bertz CT molecular complexity index is 332. The van der Waals surface area contributed by atoms with Gasteiger partial charge in [-0.2, -0.15) is 16.1 Å². The first-order valence-corrected chi connectivity index (χ1v) is 7.83. The molecular weight excluding hydrogens is 238 g/mol. The summed E-state index contributed by atoms with van der Waals surface area (Å²) in [4.78, 5) is 4.35. The Morgan fingerprint density at radius 2 is 2.12 bits per heavy atom. The highest BCUT2D eigenvalue weighted by atomic mass is 32.2. The third-order valence-corrected chi connectivity index (χ3v) is 5.47. The number of hydrogen-bond donors (Lipinski definition) is 1. The molecule has 1 aromatic rings. The summed E-state index contributed by atoms with van der Waals surface area (Å²) in [5, 5.41) is 4.42. The Balaban J connectivity index is 1.91. The normalized spacial score (nSPS) is 19.6. The standard InChI is InChI=1S/C11H19N3S2/c1-9-13-10(16-14-9)12-8-11(15-2)6-4-3-5-7-11/h3-8H2,1-2H3,(H,12,13,14). The Morgan fingerprint density at radius 3 is 2.69 bits per heavy atom. The molecule has 1 aliphatic rings. The van der Waals surface area contributed by atoms with Gasteiger partial charge in [-0.25, -0.2) is 4.98 Å². The van der Waals surface area contributed by atoms with E-state index in [2.05, 4.69) is 20.9 Å². The van der Waals surface area contributed by atoms with Gasteiger partial charge < -0.3 is 5.32 Å². The Hall–Kier alpha value is -0.290. The van der Waals surface area contributed by atoms with E-state index in [-0.39, 0.29) is 0 Å². The maximum atomic E-state index is 4.35. The van der Waals surface area contributed by atoms with Crippen molar-refractivity contribution in [1.29, 1.82) is 0 Å². The van der Waals surface area contributed by atoms with E-state index in [9.17, 15) is 0 Å². The first-order chi connectivity index (χ1) is 7.74. The number of rotatable bonds is 4. The fraction of sp³-hybridized carbons (Fsp3) is 0.818. The summed E-state index contributed by atoms with van der Waals surface area (Å²) in [5.74, 6) is 0.870. The minimum absolute atomic E-state index is 0.428. The van der Waals surface area contributed by atoms with Crippen molar-refractivity contribution >= 4 is 28.4 Å². The molecule has 2 rings (SSSR count). The van der Waals surface area contributed by atoms with Crippen molar-refractivity contribution in [1.82, 2.24) is 9.36 Å². The fourth-order valence-electron chi connectivity index (χ4n) is 2.25. The fourth-order valence-corrected chi connectivity index (χ4v) is 3.74. The average molecular weight is 257 g/mol. The molecule has 0 radical (unpaired) electrons. The van der Waals surface area contributed by atoms with Crippen LogP contribution >= 0.6 is 23.3 Å². The summed E-state index contributed by atoms with van der Waals surface area (Å²) in [6.07, 6.45) is 9.05. The lowest BCUT2D eigenvalue weighted by Gasteiger charge is -2.35. The van der Waals surface area contributed by atoms with Gasteiger partial charge in [-0.05, 0) is 26.0 Å². The molecule has 1 N–H and O–H groups in total. The van der Waals surface area contributed by atoms with Crippen molar-refractivity contribution in [2.24, 2.45) is 0 Å². The molecule has 1 fully saturated rings. The van der Waals surface area contributed by atoms with Crippen LogP contribution in [0.4, 0.5) is 5.13 Å². The Kier molecular flexibility index (Phi) is 4.08. The predicted octanol–water partition coefficient (Wildman–Crippen LogP) is 3.32. The molecule has 0 bridgehead atoms. The molecule has 1 heterocycles. The van der Waals surface area contributed by atoms with E-state index in [1.807, 2.05) is 18.7 Å². The Labute approximate surface area is 106 Å². The average Bonchev–Trinajstić information content (AvgIpc) is 2.74. The van der Waals surface area contributed by atoms with Gasteiger partial charge in [0.2, 0.25) is 5.13 Å². The molecule has 1 aliphatic carbocycles. The maximum absolute atomic E-state index is 4.35. The van der Waals surface area contributed by atoms with Gasteiger partial charge in [-0.15, -0.1) is 0 Å². The first-order valence-electron chi connectivity index (χ1n) is 5.83. The lowest BCUT2D eigenvalue weighted by Crippen LogP contribution is -2.35. The van der Waals surface area contributed by atoms with E-state index < -0.39 is 0 Å². The number of nitrogens with one attached hydrogen (secondary N) is 1. The second-order valence-electron chi connectivity index (χ2n) is 4.45. The molecule has 1 aromatic heterocycles. The molecule has 0 aromatic carbocycles. The number of anilines is 1. The van der Waals surface area contributed by atoms with Crippen LogP contribution in [0.1, 0.15) is 37.9 Å². The molecule has 0 spiro atoms. The first kappa shape index (κ1) is 12.2. The minimum Gasteiger partial charge on any atom is -0.359 e. The summed E-state index contributed by atoms with van der Waals surface area (Å²) >= 11 is 3.48. The molecular formula is C11H19N3S2. The van der Waals surface area contributed by atoms with Gasteiger partial charge in [-0.1, -0.05) is 19.3 Å². The van der Waals surface area contributed by atoms with Gasteiger partial charge in [0.1, 0.15) is 5.82 Å². The summed E-state index contributed by atoms with van der Waals surface area (Å²) in [6.45, 7) is 2.97. The van der Waals surface area contributed by atoms with E-state index >= 15 is 0 Å². The molecule has 0 amide bonds. The highest BCUT2D eigenvalue weighted by Gasteiger charge is 2.31. The lowest BCUT2D eigenvalue weighted by atomic mass is 9.88. The van der Waals surface area contributed by atoms with Gasteiger partial charge >= 0.3 is 0 Å². The smallest absolute Gasteiger partial charge is 0.202 e. The monoisotopic (exact) mass is 257 g/mol. The van der Waals surface area contributed by atoms with Crippen molar-refractivity contribution in [3.63, 3.8) is 0 Å². The SMILES string of the molecule is CSC1(CNc2nc(C)ns2)CCCCC1. The molecule has 3 nitrogen and oxygen atoms in total. The highest BCUT2D eigenvalue weighted by Crippen LogP contribution is 2.38. The molecule has 0 atom stereocenters. The molecule has 0 unspecified atom stereocenters. The zero-order valence-corrected chi connectivity index (χ0v) is 11.6. The minimum atomic E-state index is 0.428. The van der Waals surface area contributed by atoms with Crippen LogP contribution in [0, 0.1) is 6.92 Å². The predicted molar refractivity (Wildman–Crippen MR) is 72.5 cm³/mol. The maximum Gasteiger partial charge on any atom is 0.202 e. The van der Waals surface area contributed by atoms with Crippen LogP contribution in [0.2, 0.25) is 0 Å². The van der Waals surface area contributed by atoms with E-state index in [1.165, 1.54) is 43.6 Å². The van der Waals surface area contributed by atoms with Crippen LogP contribution < -0.4 is 5.32 Å². The highest BCUT2D eigenvalue weighted by molar-refractivity contribution is 8.00. The molecule has 5 heteroatoms. The molecule has 90 valence electrons. The van der Waals surface area contributed by atoms with E-state index in [0.29, 0.717) is 4.75 Å². The second-order valence-corrected chi connectivity index (χ2v) is 6.47. The third kappa shape index (κ3) is 2.88. The summed E-state index contributed by atoms with van der Waals surface area (Å²) in [7, 11) is 0. The number of nitrogens with zero attached hydrogens (tertiary/aromatic N) is 2. The van der Waals surface area contributed by atoms with Crippen molar-refractivity contribution in [3.8, 4) is 0 Å². The van der Waals surface area contributed by atoms with Crippen LogP contribution in [0.25, 0.3) is 0 Å². The summed E-state index contributed by atoms with van der Waals surface area (Å²) in [5.41, 5.74) is 0. The van der Waals surface area contributed by atoms with Crippen LogP contribution in [0.15, 0.2) is 0 Å². The molecule has 0 saturated heterocycles. The van der Waals surface area contributed by atoms with Crippen molar-refractivity contribution in [3.05, 3.63) is 5.82 Å². The van der Waals surface area contributed by atoms with Gasteiger partial charge in [-0.3, -0.25) is 0 Å². The van der Waals surface area contributed by atoms with E-state index in [1.54, 1.807) is 0 Å². The van der Waals surface area contributed by atoms with Crippen molar-refractivity contribution in [2.75, 3.05) is 18.1 Å². The lowest BCUT2D eigenvalue weighted by molar-refractivity contribution is 0.411. The topological polar surface area (TPSA) is 37.8 Å². The van der Waals surface area contributed by atoms with Gasteiger partial charge in [0.15, 0.2) is 0 Å². The van der Waals surface area contributed by atoms with Crippen LogP contribution in [0.3, 0.4) is 0 Å². The Morgan fingerprint density at radius 1 is 1.38 bits per heavy atom. The number of aryl methyl sites for hydroxylation is 1. The zero-order chi connectivity index (χ0) is 11.4.